The van der Waals surface area contributed by atoms with Crippen LogP contribution in [0, 0.1) is 0 Å². The fourth-order valence-electron chi connectivity index (χ4n) is 5.48. The molecule has 4 amide bonds. The quantitative estimate of drug-likeness (QED) is 0.0863. The van der Waals surface area contributed by atoms with Gasteiger partial charge in [0.05, 0.1) is 34.6 Å². The molecule has 2 atom stereocenters. The maximum atomic E-state index is 13.0. The molecule has 4 aromatic carbocycles. The molecule has 0 aliphatic carbocycles. The lowest BCUT2D eigenvalue weighted by Crippen LogP contribution is -2.28. The summed E-state index contributed by atoms with van der Waals surface area (Å²) in [6, 6.07) is 33.2. The highest BCUT2D eigenvalue weighted by Gasteiger charge is 2.17. The number of rotatable bonds is 17. The van der Waals surface area contributed by atoms with E-state index >= 15 is 0 Å². The molecule has 0 fully saturated rings. The molecule has 4 rings (SSSR count). The number of hydrogen-bond acceptors (Lipinski definition) is 4. The van der Waals surface area contributed by atoms with Gasteiger partial charge in [-0.05, 0) is 62.1 Å². The van der Waals surface area contributed by atoms with Crippen molar-refractivity contribution in [2.45, 2.75) is 77.3 Å². The Morgan fingerprint density at radius 1 is 0.458 bits per heavy atom. The molecule has 0 spiro atoms. The van der Waals surface area contributed by atoms with E-state index in [0.29, 0.717) is 35.3 Å². The van der Waals surface area contributed by atoms with E-state index < -0.39 is 0 Å². The second kappa shape index (κ2) is 18.8. The highest BCUT2D eigenvalue weighted by Crippen LogP contribution is 2.20. The first-order chi connectivity index (χ1) is 23.3. The van der Waals surface area contributed by atoms with Crippen LogP contribution in [0.1, 0.15) is 109 Å². The van der Waals surface area contributed by atoms with Crippen LogP contribution in [0.2, 0.25) is 0 Å². The third-order valence-electron chi connectivity index (χ3n) is 8.24. The molecule has 8 heteroatoms. The Bertz CT molecular complexity index is 1520. The number of benzene rings is 4. The molecular formula is C40H46N4O4. The Morgan fingerprint density at radius 2 is 0.792 bits per heavy atom. The van der Waals surface area contributed by atoms with Gasteiger partial charge in [-0.15, -0.1) is 0 Å². The molecule has 0 saturated carbocycles. The zero-order valence-corrected chi connectivity index (χ0v) is 27.8. The Labute approximate surface area is 283 Å². The van der Waals surface area contributed by atoms with Crippen LogP contribution in [0.3, 0.4) is 0 Å². The van der Waals surface area contributed by atoms with Gasteiger partial charge in [0, 0.05) is 12.8 Å². The first-order valence-corrected chi connectivity index (χ1v) is 16.8. The van der Waals surface area contributed by atoms with Crippen molar-refractivity contribution in [2.24, 2.45) is 0 Å². The number of hydrogen-bond donors (Lipinski definition) is 4. The van der Waals surface area contributed by atoms with Gasteiger partial charge < -0.3 is 21.3 Å². The Morgan fingerprint density at radius 3 is 1.19 bits per heavy atom. The van der Waals surface area contributed by atoms with E-state index in [0.717, 1.165) is 49.7 Å². The minimum atomic E-state index is -0.237. The van der Waals surface area contributed by atoms with Crippen molar-refractivity contribution < 1.29 is 19.2 Å². The topological polar surface area (TPSA) is 116 Å². The van der Waals surface area contributed by atoms with Crippen LogP contribution in [0.5, 0.6) is 0 Å². The van der Waals surface area contributed by atoms with Gasteiger partial charge in [-0.1, -0.05) is 111 Å². The van der Waals surface area contributed by atoms with Crippen LogP contribution < -0.4 is 21.3 Å². The Balaban J connectivity index is 1.11. The highest BCUT2D eigenvalue weighted by molar-refractivity contribution is 6.04. The zero-order valence-electron chi connectivity index (χ0n) is 27.8. The standard InChI is InChI=1S/C40H46N4O4/c1-29(31-19-9-7-10-20-31)41-39(47)33-23-15-17-25-35(33)43-37(45)27-13-5-3-4-6-14-28-38(46)44-36-26-18-16-24-34(36)40(48)42-30(2)32-21-11-8-12-22-32/h7-12,15-26,29-30H,3-6,13-14,27-28H2,1-2H3,(H,41,47)(H,42,48)(H,43,45)(H,44,46). The molecule has 0 aliphatic heterocycles. The van der Waals surface area contributed by atoms with Gasteiger partial charge in [-0.2, -0.15) is 0 Å². The van der Waals surface area contributed by atoms with Gasteiger partial charge >= 0.3 is 0 Å². The second-order valence-corrected chi connectivity index (χ2v) is 12.0. The largest absolute Gasteiger partial charge is 0.345 e. The Hall–Kier alpha value is -5.24. The molecule has 8 nitrogen and oxygen atoms in total. The van der Waals surface area contributed by atoms with E-state index in [2.05, 4.69) is 21.3 Å². The maximum Gasteiger partial charge on any atom is 0.253 e. The minimum Gasteiger partial charge on any atom is -0.345 e. The molecule has 0 radical (unpaired) electrons. The predicted molar refractivity (Wildman–Crippen MR) is 192 cm³/mol. The van der Waals surface area contributed by atoms with Gasteiger partial charge in [0.2, 0.25) is 11.8 Å². The summed E-state index contributed by atoms with van der Waals surface area (Å²) in [6.45, 7) is 3.86. The molecule has 0 saturated heterocycles. The molecule has 0 bridgehead atoms. The van der Waals surface area contributed by atoms with Crippen molar-refractivity contribution in [2.75, 3.05) is 10.6 Å². The van der Waals surface area contributed by atoms with Crippen molar-refractivity contribution in [3.05, 3.63) is 131 Å². The van der Waals surface area contributed by atoms with E-state index in [1.807, 2.05) is 74.5 Å². The average molecular weight is 647 g/mol. The lowest BCUT2D eigenvalue weighted by atomic mass is 10.1. The molecule has 48 heavy (non-hydrogen) atoms. The molecule has 2 unspecified atom stereocenters. The number of unbranched alkanes of at least 4 members (excludes halogenated alkanes) is 5. The SMILES string of the molecule is CC(NC(=O)c1ccccc1NC(=O)CCCCCCCCC(=O)Nc1ccccc1C(=O)NC(C)c1ccccc1)c1ccccc1. The summed E-state index contributed by atoms with van der Waals surface area (Å²) < 4.78 is 0. The number of para-hydroxylation sites is 2. The van der Waals surface area contributed by atoms with Crippen LogP contribution in [-0.2, 0) is 9.59 Å². The highest BCUT2D eigenvalue weighted by atomic mass is 16.2. The van der Waals surface area contributed by atoms with Crippen LogP contribution >= 0.6 is 0 Å². The van der Waals surface area contributed by atoms with Crippen molar-refractivity contribution in [1.29, 1.82) is 0 Å². The minimum absolute atomic E-state index is 0.119. The summed E-state index contributed by atoms with van der Waals surface area (Å²) in [7, 11) is 0. The molecule has 250 valence electrons. The third-order valence-corrected chi connectivity index (χ3v) is 8.24. The number of anilines is 2. The lowest BCUT2D eigenvalue weighted by molar-refractivity contribution is -0.117. The van der Waals surface area contributed by atoms with E-state index in [4.69, 9.17) is 0 Å². The summed E-state index contributed by atoms with van der Waals surface area (Å²) in [6.07, 6.45) is 5.97. The van der Waals surface area contributed by atoms with Gasteiger partial charge in [0.25, 0.3) is 11.8 Å². The van der Waals surface area contributed by atoms with E-state index in [9.17, 15) is 19.2 Å². The number of nitrogens with one attached hydrogen (secondary N) is 4. The normalized spacial score (nSPS) is 12.0. The van der Waals surface area contributed by atoms with Crippen LogP contribution in [-0.4, -0.2) is 23.6 Å². The summed E-state index contributed by atoms with van der Waals surface area (Å²) in [5, 5.41) is 11.8. The van der Waals surface area contributed by atoms with Crippen molar-refractivity contribution in [3.63, 3.8) is 0 Å². The van der Waals surface area contributed by atoms with Gasteiger partial charge in [0.15, 0.2) is 0 Å². The Kier molecular flexibility index (Phi) is 13.9. The van der Waals surface area contributed by atoms with Crippen molar-refractivity contribution in [1.82, 2.24) is 10.6 Å². The fraction of sp³-hybridized carbons (Fsp3) is 0.300. The van der Waals surface area contributed by atoms with Gasteiger partial charge in [0.1, 0.15) is 0 Å². The number of carbonyl (C=O) groups excluding carboxylic acids is 4. The van der Waals surface area contributed by atoms with Crippen LogP contribution in [0.25, 0.3) is 0 Å². The monoisotopic (exact) mass is 646 g/mol. The second-order valence-electron chi connectivity index (χ2n) is 12.0. The smallest absolute Gasteiger partial charge is 0.253 e. The molecule has 4 aromatic rings. The number of carbonyl (C=O) groups is 4. The summed E-state index contributed by atoms with van der Waals surface area (Å²) in [4.78, 5) is 51.3. The van der Waals surface area contributed by atoms with E-state index in [1.54, 1.807) is 48.5 Å². The lowest BCUT2D eigenvalue weighted by Gasteiger charge is -2.16. The summed E-state index contributed by atoms with van der Waals surface area (Å²) in [5.41, 5.74) is 3.89. The predicted octanol–water partition coefficient (Wildman–Crippen LogP) is 8.37. The molecule has 0 aromatic heterocycles. The molecular weight excluding hydrogens is 600 g/mol. The maximum absolute atomic E-state index is 13.0. The summed E-state index contributed by atoms with van der Waals surface area (Å²) in [5.74, 6) is -0.712. The van der Waals surface area contributed by atoms with E-state index in [-0.39, 0.29) is 35.7 Å². The molecule has 0 aliphatic rings. The summed E-state index contributed by atoms with van der Waals surface area (Å²) >= 11 is 0. The first kappa shape index (κ1) is 35.6. The first-order valence-electron chi connectivity index (χ1n) is 16.8. The van der Waals surface area contributed by atoms with Crippen LogP contribution in [0.4, 0.5) is 11.4 Å². The third kappa shape index (κ3) is 11.2. The molecule has 0 heterocycles. The van der Waals surface area contributed by atoms with Crippen LogP contribution in [0.15, 0.2) is 109 Å². The average Bonchev–Trinajstić information content (AvgIpc) is 3.10. The van der Waals surface area contributed by atoms with Gasteiger partial charge in [-0.3, -0.25) is 19.2 Å². The zero-order chi connectivity index (χ0) is 34.1. The molecule has 4 N–H and O–H groups in total. The fourth-order valence-corrected chi connectivity index (χ4v) is 5.48. The van der Waals surface area contributed by atoms with E-state index in [1.165, 1.54) is 0 Å². The van der Waals surface area contributed by atoms with Gasteiger partial charge in [-0.25, -0.2) is 0 Å². The van der Waals surface area contributed by atoms with Crippen molar-refractivity contribution >= 4 is 35.0 Å². The number of amides is 4. The van der Waals surface area contributed by atoms with Crippen molar-refractivity contribution in [3.8, 4) is 0 Å².